The second-order valence-electron chi connectivity index (χ2n) is 5.71. The van der Waals surface area contributed by atoms with E-state index in [-0.39, 0.29) is 24.4 Å². The van der Waals surface area contributed by atoms with Crippen molar-refractivity contribution in [2.75, 3.05) is 31.1 Å². The number of nitrogens with zero attached hydrogens (tertiary/aromatic N) is 2. The van der Waals surface area contributed by atoms with Crippen molar-refractivity contribution >= 4 is 11.6 Å². The molecule has 0 saturated carbocycles. The number of amides is 1. The lowest BCUT2D eigenvalue weighted by molar-refractivity contribution is -0.121. The summed E-state index contributed by atoms with van der Waals surface area (Å²) in [5.74, 6) is -0.383. The van der Waals surface area contributed by atoms with Gasteiger partial charge in [0.15, 0.2) is 0 Å². The number of unbranched alkanes of at least 4 members (excludes halogenated alkanes) is 1. The van der Waals surface area contributed by atoms with Crippen LogP contribution >= 0.6 is 0 Å². The Kier molecular flexibility index (Phi) is 6.34. The highest BCUT2D eigenvalue weighted by Crippen LogP contribution is 2.26. The van der Waals surface area contributed by atoms with E-state index in [1.54, 1.807) is 23.1 Å². The number of para-hydroxylation sites is 1. The molecule has 0 spiro atoms. The molecular formula is C17H25FN2O2. The molecule has 1 fully saturated rings. The quantitative estimate of drug-likeness (QED) is 0.802. The molecule has 1 atom stereocenters. The predicted octanol–water partition coefficient (Wildman–Crippen LogP) is 2.42. The van der Waals surface area contributed by atoms with Gasteiger partial charge in [0, 0.05) is 19.7 Å². The Hall–Kier alpha value is -1.46. The first-order chi connectivity index (χ1) is 10.7. The van der Waals surface area contributed by atoms with Gasteiger partial charge in [-0.25, -0.2) is 4.39 Å². The lowest BCUT2D eigenvalue weighted by Crippen LogP contribution is -2.43. The molecule has 1 aromatic rings. The molecule has 2 rings (SSSR count). The van der Waals surface area contributed by atoms with Crippen LogP contribution in [0.2, 0.25) is 0 Å². The number of anilines is 1. The molecule has 22 heavy (non-hydrogen) atoms. The third-order valence-electron chi connectivity index (χ3n) is 4.16. The topological polar surface area (TPSA) is 43.8 Å². The van der Waals surface area contributed by atoms with Crippen LogP contribution in [0.4, 0.5) is 10.1 Å². The van der Waals surface area contributed by atoms with E-state index in [4.69, 9.17) is 5.11 Å². The zero-order valence-electron chi connectivity index (χ0n) is 13.2. The molecule has 0 radical (unpaired) electrons. The summed E-state index contributed by atoms with van der Waals surface area (Å²) in [6.07, 6.45) is 3.46. The molecule has 1 aliphatic heterocycles. The molecule has 4 nitrogen and oxygen atoms in total. The number of hydrogen-bond donors (Lipinski definition) is 1. The Balaban J connectivity index is 2.09. The Morgan fingerprint density at radius 3 is 2.73 bits per heavy atom. The number of halogens is 1. The molecule has 122 valence electrons. The Morgan fingerprint density at radius 1 is 1.32 bits per heavy atom. The standard InChI is InChI=1S/C17H25FN2O2/c1-2-3-10-19(11-6-13-21)16-9-12-20(17(16)22)15-8-5-4-7-14(15)18/h4-5,7-8,16,21H,2-3,6,9-13H2,1H3. The molecule has 1 aliphatic rings. The summed E-state index contributed by atoms with van der Waals surface area (Å²) in [5.41, 5.74) is 0.368. The van der Waals surface area contributed by atoms with Gasteiger partial charge in [0.2, 0.25) is 5.91 Å². The maximum absolute atomic E-state index is 13.9. The van der Waals surface area contributed by atoms with Gasteiger partial charge in [0.1, 0.15) is 5.82 Å². The number of rotatable bonds is 8. The summed E-state index contributed by atoms with van der Waals surface area (Å²) >= 11 is 0. The number of aliphatic hydroxyl groups excluding tert-OH is 1. The van der Waals surface area contributed by atoms with Crippen molar-refractivity contribution in [1.82, 2.24) is 4.90 Å². The molecule has 1 heterocycles. The highest BCUT2D eigenvalue weighted by molar-refractivity contribution is 5.99. The van der Waals surface area contributed by atoms with Crippen LogP contribution in [0.15, 0.2) is 24.3 Å². The molecule has 5 heteroatoms. The molecule has 1 saturated heterocycles. The molecule has 1 unspecified atom stereocenters. The SMILES string of the molecule is CCCCN(CCCO)C1CCN(c2ccccc2F)C1=O. The third kappa shape index (κ3) is 3.84. The summed E-state index contributed by atoms with van der Waals surface area (Å²) in [6.45, 7) is 4.34. The van der Waals surface area contributed by atoms with E-state index in [2.05, 4.69) is 11.8 Å². The first kappa shape index (κ1) is 16.9. The Labute approximate surface area is 131 Å². The molecule has 0 aliphatic carbocycles. The van der Waals surface area contributed by atoms with Crippen molar-refractivity contribution in [2.24, 2.45) is 0 Å². The second-order valence-corrected chi connectivity index (χ2v) is 5.71. The van der Waals surface area contributed by atoms with Gasteiger partial charge < -0.3 is 10.0 Å². The van der Waals surface area contributed by atoms with Crippen LogP contribution in [0.3, 0.4) is 0 Å². The van der Waals surface area contributed by atoms with Gasteiger partial charge in [-0.1, -0.05) is 25.5 Å². The fraction of sp³-hybridized carbons (Fsp3) is 0.588. The summed E-state index contributed by atoms with van der Waals surface area (Å²) in [5, 5.41) is 9.04. The van der Waals surface area contributed by atoms with Gasteiger partial charge in [-0.3, -0.25) is 9.69 Å². The van der Waals surface area contributed by atoms with Crippen LogP contribution in [0.25, 0.3) is 0 Å². The minimum Gasteiger partial charge on any atom is -0.396 e. The monoisotopic (exact) mass is 308 g/mol. The highest BCUT2D eigenvalue weighted by Gasteiger charge is 2.37. The van der Waals surface area contributed by atoms with Crippen molar-refractivity contribution in [3.8, 4) is 0 Å². The number of benzene rings is 1. The van der Waals surface area contributed by atoms with E-state index in [0.29, 0.717) is 31.6 Å². The van der Waals surface area contributed by atoms with Crippen molar-refractivity contribution in [2.45, 2.75) is 38.6 Å². The van der Waals surface area contributed by atoms with Crippen LogP contribution in [-0.2, 0) is 4.79 Å². The summed E-state index contributed by atoms with van der Waals surface area (Å²) in [7, 11) is 0. The van der Waals surface area contributed by atoms with Gasteiger partial charge in [-0.05, 0) is 37.9 Å². The largest absolute Gasteiger partial charge is 0.396 e. The fourth-order valence-electron chi connectivity index (χ4n) is 2.97. The fourth-order valence-corrected chi connectivity index (χ4v) is 2.97. The Morgan fingerprint density at radius 2 is 2.05 bits per heavy atom. The van der Waals surface area contributed by atoms with E-state index < -0.39 is 0 Å². The van der Waals surface area contributed by atoms with Crippen molar-refractivity contribution in [3.05, 3.63) is 30.1 Å². The number of hydrogen-bond acceptors (Lipinski definition) is 3. The maximum Gasteiger partial charge on any atom is 0.244 e. The first-order valence-corrected chi connectivity index (χ1v) is 8.09. The van der Waals surface area contributed by atoms with Gasteiger partial charge in [0.25, 0.3) is 0 Å². The van der Waals surface area contributed by atoms with Gasteiger partial charge >= 0.3 is 0 Å². The van der Waals surface area contributed by atoms with Crippen molar-refractivity contribution < 1.29 is 14.3 Å². The van der Waals surface area contributed by atoms with E-state index in [0.717, 1.165) is 19.4 Å². The van der Waals surface area contributed by atoms with E-state index >= 15 is 0 Å². The highest BCUT2D eigenvalue weighted by atomic mass is 19.1. The smallest absolute Gasteiger partial charge is 0.244 e. The van der Waals surface area contributed by atoms with Gasteiger partial charge in [-0.15, -0.1) is 0 Å². The molecule has 0 aromatic heterocycles. The van der Waals surface area contributed by atoms with Crippen LogP contribution in [-0.4, -0.2) is 48.2 Å². The number of carbonyl (C=O) groups is 1. The van der Waals surface area contributed by atoms with Gasteiger partial charge in [0.05, 0.1) is 11.7 Å². The van der Waals surface area contributed by atoms with Gasteiger partial charge in [-0.2, -0.15) is 0 Å². The molecule has 1 amide bonds. The van der Waals surface area contributed by atoms with Crippen LogP contribution in [0, 0.1) is 5.82 Å². The van der Waals surface area contributed by atoms with E-state index in [9.17, 15) is 9.18 Å². The van der Waals surface area contributed by atoms with Crippen molar-refractivity contribution in [3.63, 3.8) is 0 Å². The van der Waals surface area contributed by atoms with E-state index in [1.807, 2.05) is 0 Å². The molecular weight excluding hydrogens is 283 g/mol. The minimum atomic E-state index is -0.355. The van der Waals surface area contributed by atoms with Crippen LogP contribution < -0.4 is 4.90 Å². The third-order valence-corrected chi connectivity index (χ3v) is 4.16. The predicted molar refractivity (Wildman–Crippen MR) is 85.3 cm³/mol. The van der Waals surface area contributed by atoms with Crippen molar-refractivity contribution in [1.29, 1.82) is 0 Å². The molecule has 1 aromatic carbocycles. The summed E-state index contributed by atoms with van der Waals surface area (Å²) < 4.78 is 13.9. The molecule has 0 bridgehead atoms. The lowest BCUT2D eigenvalue weighted by atomic mass is 10.1. The molecule has 1 N–H and O–H groups in total. The average molecular weight is 308 g/mol. The second kappa shape index (κ2) is 8.25. The van der Waals surface area contributed by atoms with Crippen LogP contribution in [0.5, 0.6) is 0 Å². The number of aliphatic hydroxyl groups is 1. The summed E-state index contributed by atoms with van der Waals surface area (Å²) in [4.78, 5) is 16.4. The average Bonchev–Trinajstić information content (AvgIpc) is 2.90. The first-order valence-electron chi connectivity index (χ1n) is 8.09. The van der Waals surface area contributed by atoms with E-state index in [1.165, 1.54) is 6.07 Å². The summed E-state index contributed by atoms with van der Waals surface area (Å²) in [6, 6.07) is 6.22. The van der Waals surface area contributed by atoms with Crippen LogP contribution in [0.1, 0.15) is 32.6 Å². The Bertz CT molecular complexity index is 487. The zero-order valence-corrected chi connectivity index (χ0v) is 13.2. The zero-order chi connectivity index (χ0) is 15.9. The normalized spacial score (nSPS) is 18.5. The number of carbonyl (C=O) groups excluding carboxylic acids is 1. The lowest BCUT2D eigenvalue weighted by Gasteiger charge is -2.27. The maximum atomic E-state index is 13.9. The minimum absolute atomic E-state index is 0.0286.